The Morgan fingerprint density at radius 1 is 0.467 bits per heavy atom. The van der Waals surface area contributed by atoms with Crippen molar-refractivity contribution in [1.82, 2.24) is 0 Å². The molecule has 0 radical (unpaired) electrons. The molecule has 0 unspecified atom stereocenters. The largest absolute Gasteiger partial charge is 1.00 e. The fourth-order valence-electron chi connectivity index (χ4n) is 0.460. The van der Waals surface area contributed by atoms with Crippen molar-refractivity contribution in [3.05, 3.63) is 0 Å². The van der Waals surface area contributed by atoms with Crippen molar-refractivity contribution in [1.29, 1.82) is 0 Å². The molecule has 0 aromatic heterocycles. The Bertz CT molecular complexity index is 160. The third-order valence-electron chi connectivity index (χ3n) is 1.11. The van der Waals surface area contributed by atoms with Gasteiger partial charge in [0.2, 0.25) is 0 Å². The van der Waals surface area contributed by atoms with Gasteiger partial charge in [-0.25, -0.2) is 0 Å². The van der Waals surface area contributed by atoms with Crippen LogP contribution in [-0.2, 0) is 44.2 Å². The molecule has 0 aromatic rings. The molecule has 0 spiro atoms. The summed E-state index contributed by atoms with van der Waals surface area (Å²) < 4.78 is 18.8. The average molecular weight is 647 g/mol. The third-order valence-corrected chi connectivity index (χ3v) is 3.34. The monoisotopic (exact) mass is 644 g/mol. The number of ether oxygens (including phenoxy) is 4. The van der Waals surface area contributed by atoms with Gasteiger partial charge in [-0.3, -0.25) is 0 Å². The molecule has 0 amide bonds. The Balaban J connectivity index is -0.0000000335. The fourth-order valence-corrected chi connectivity index (χ4v) is 2.14. The van der Waals surface area contributed by atoms with E-state index >= 15 is 0 Å². The smallest absolute Gasteiger partial charge is 0.796 e. The molecule has 0 aromatic carbocycles. The first-order valence-corrected chi connectivity index (χ1v) is 16.3. The summed E-state index contributed by atoms with van der Waals surface area (Å²) in [6.07, 6.45) is 11.3. The van der Waals surface area contributed by atoms with Crippen LogP contribution < -0.4 is 59.1 Å². The molecule has 0 aliphatic rings. The van der Waals surface area contributed by atoms with Crippen LogP contribution in [0.1, 0.15) is 0 Å². The van der Waals surface area contributed by atoms with E-state index in [2.05, 4.69) is 34.7 Å². The number of halogens is 4. The zero-order chi connectivity index (χ0) is 23.3. The summed E-state index contributed by atoms with van der Waals surface area (Å²) in [5.74, 6) is 3.28. The summed E-state index contributed by atoms with van der Waals surface area (Å²) in [6, 6.07) is 0.736. The summed E-state index contributed by atoms with van der Waals surface area (Å²) in [5.41, 5.74) is 0. The molecule has 180 valence electrons. The molecule has 0 atom stereocenters. The SMILES string of the molecule is CSCOCSC.CSCOCSC.C[S-].C[S-].ClCOCCl.ClCOCCl.[Na+].[Na+]. The first-order chi connectivity index (χ1) is 13.7. The standard InChI is InChI=1S/2C4H10OS2.2C2H4Cl2O.2CH4S.2Na/c2*1-6-3-5-4-7-2;2*3-1-5-2-4;2*1-2;;/h2*3-4H2,1-2H3;2*1-2H2;2*2H,1H3;;/q;;;;;;2*+1/p-2. The van der Waals surface area contributed by atoms with Crippen LogP contribution in [0.4, 0.5) is 0 Å². The molecule has 16 heteroatoms. The van der Waals surface area contributed by atoms with Crippen molar-refractivity contribution in [2.45, 2.75) is 0 Å². The van der Waals surface area contributed by atoms with Crippen molar-refractivity contribution < 1.29 is 78.1 Å². The summed E-state index contributed by atoms with van der Waals surface area (Å²) in [4.78, 5) is 0. The fraction of sp³-hybridized carbons (Fsp3) is 1.00. The molecule has 0 aliphatic carbocycles. The zero-order valence-corrected chi connectivity index (χ0v) is 31.2. The zero-order valence-electron chi connectivity index (χ0n) is 19.3. The Morgan fingerprint density at radius 2 is 0.633 bits per heavy atom. The topological polar surface area (TPSA) is 36.9 Å². The minimum Gasteiger partial charge on any atom is -0.796 e. The van der Waals surface area contributed by atoms with Crippen LogP contribution in [0.3, 0.4) is 0 Å². The van der Waals surface area contributed by atoms with Gasteiger partial charge in [-0.1, -0.05) is 46.4 Å². The maximum absolute atomic E-state index is 5.06. The van der Waals surface area contributed by atoms with E-state index in [1.807, 2.05) is 25.0 Å². The molecule has 0 saturated heterocycles. The van der Waals surface area contributed by atoms with E-state index in [0.29, 0.717) is 0 Å². The van der Waals surface area contributed by atoms with Crippen molar-refractivity contribution in [3.8, 4) is 0 Å². The number of rotatable bonds is 12. The van der Waals surface area contributed by atoms with Crippen molar-refractivity contribution in [2.24, 2.45) is 0 Å². The van der Waals surface area contributed by atoms with Gasteiger partial charge in [0.1, 0.15) is 24.3 Å². The van der Waals surface area contributed by atoms with Crippen LogP contribution in [0.2, 0.25) is 0 Å². The van der Waals surface area contributed by atoms with Gasteiger partial charge in [-0.15, -0.1) is 47.0 Å². The van der Waals surface area contributed by atoms with Gasteiger partial charge in [-0.05, 0) is 25.0 Å². The predicted octanol–water partition coefficient (Wildman–Crippen LogP) is 0.413. The van der Waals surface area contributed by atoms with Crippen LogP contribution in [0.15, 0.2) is 0 Å². The minimum absolute atomic E-state index is 0. The molecule has 0 bridgehead atoms. The predicted molar refractivity (Wildman–Crippen MR) is 147 cm³/mol. The van der Waals surface area contributed by atoms with Gasteiger partial charge >= 0.3 is 59.1 Å². The molecule has 30 heavy (non-hydrogen) atoms. The average Bonchev–Trinajstić information content (AvgIpc) is 2.74. The number of hydrogen-bond acceptors (Lipinski definition) is 10. The van der Waals surface area contributed by atoms with Gasteiger partial charge in [0.15, 0.2) is 0 Å². The molecule has 4 nitrogen and oxygen atoms in total. The van der Waals surface area contributed by atoms with Crippen LogP contribution in [-0.4, -0.2) is 85.6 Å². The summed E-state index contributed by atoms with van der Waals surface area (Å²) in [7, 11) is 0. The second-order valence-electron chi connectivity index (χ2n) is 2.88. The molecular weight excluding hydrogens is 612 g/mol. The van der Waals surface area contributed by atoms with E-state index < -0.39 is 0 Å². The van der Waals surface area contributed by atoms with E-state index in [1.54, 1.807) is 59.6 Å². The molecule has 0 rings (SSSR count). The number of hydrogen-bond donors (Lipinski definition) is 0. The van der Waals surface area contributed by atoms with E-state index in [9.17, 15) is 0 Å². The van der Waals surface area contributed by atoms with Gasteiger partial charge in [0.25, 0.3) is 0 Å². The first-order valence-electron chi connectivity index (χ1n) is 6.98. The van der Waals surface area contributed by atoms with Crippen LogP contribution in [0.25, 0.3) is 0 Å². The van der Waals surface area contributed by atoms with Crippen LogP contribution in [0, 0.1) is 0 Å². The molecule has 0 N–H and O–H groups in total. The third kappa shape index (κ3) is 117. The Labute approximate surface area is 278 Å². The Hall–Kier alpha value is 5.10. The molecular formula is C14H34Cl4Na2O4S6. The maximum Gasteiger partial charge on any atom is 1.00 e. The van der Waals surface area contributed by atoms with Gasteiger partial charge in [-0.2, -0.15) is 12.5 Å². The second-order valence-corrected chi connectivity index (χ2v) is 7.00. The molecule has 0 aliphatic heterocycles. The minimum atomic E-state index is 0. The van der Waals surface area contributed by atoms with Gasteiger partial charge in [0.05, 0.1) is 23.8 Å². The normalized spacial score (nSPS) is 7.60. The Kier molecular flexibility index (Phi) is 155. The van der Waals surface area contributed by atoms with E-state index in [0.717, 1.165) is 23.8 Å². The quantitative estimate of drug-likeness (QED) is 0.0980. The van der Waals surface area contributed by atoms with E-state index in [1.165, 1.54) is 0 Å². The number of thioether (sulfide) groups is 4. The number of alkyl halides is 4. The molecule has 0 heterocycles. The van der Waals surface area contributed by atoms with E-state index in [-0.39, 0.29) is 83.4 Å². The molecule has 0 saturated carbocycles. The summed E-state index contributed by atoms with van der Waals surface area (Å²) in [6.45, 7) is 0. The van der Waals surface area contributed by atoms with Gasteiger partial charge in [0, 0.05) is 0 Å². The van der Waals surface area contributed by atoms with Crippen LogP contribution >= 0.6 is 93.5 Å². The summed E-state index contributed by atoms with van der Waals surface area (Å²) >= 11 is 35.0. The maximum atomic E-state index is 5.06. The van der Waals surface area contributed by atoms with Crippen molar-refractivity contribution in [3.63, 3.8) is 0 Å². The van der Waals surface area contributed by atoms with Crippen molar-refractivity contribution >= 4 is 119 Å². The molecule has 0 fully saturated rings. The Morgan fingerprint density at radius 3 is 0.700 bits per heavy atom. The first kappa shape index (κ1) is 55.6. The van der Waals surface area contributed by atoms with Gasteiger partial charge < -0.3 is 44.2 Å². The van der Waals surface area contributed by atoms with Crippen LogP contribution in [0.5, 0.6) is 0 Å². The second kappa shape index (κ2) is 83.9. The summed E-state index contributed by atoms with van der Waals surface area (Å²) in [5, 5.41) is 0. The van der Waals surface area contributed by atoms with E-state index in [4.69, 9.17) is 55.9 Å². The van der Waals surface area contributed by atoms with Crippen molar-refractivity contribution in [2.75, 3.05) is 85.6 Å².